The zero-order valence-corrected chi connectivity index (χ0v) is 14.1. The van der Waals surface area contributed by atoms with E-state index in [0.29, 0.717) is 27.6 Å². The second-order valence-electron chi connectivity index (χ2n) is 5.20. The number of hydrogen-bond acceptors (Lipinski definition) is 4. The van der Waals surface area contributed by atoms with Crippen LogP contribution in [0.4, 0.5) is 13.2 Å². The largest absolute Gasteiger partial charge is 0.424 e. The van der Waals surface area contributed by atoms with Crippen LogP contribution in [0.25, 0.3) is 0 Å². The average Bonchev–Trinajstić information content (AvgIpc) is 2.92. The van der Waals surface area contributed by atoms with Crippen molar-refractivity contribution in [2.24, 2.45) is 0 Å². The average molecular weight is 379 g/mol. The molecule has 0 aliphatic carbocycles. The summed E-state index contributed by atoms with van der Waals surface area (Å²) < 4.78 is 39.9. The highest BCUT2D eigenvalue weighted by Crippen LogP contribution is 2.42. The second kappa shape index (κ2) is 7.08. The van der Waals surface area contributed by atoms with Crippen LogP contribution in [-0.2, 0) is 16.9 Å². The SMILES string of the molecule is Cc1csc(C(O)(CC(=O)NCc2ccccc2Cl)C(F)(F)F)n1. The highest BCUT2D eigenvalue weighted by atomic mass is 35.5. The molecule has 0 saturated heterocycles. The van der Waals surface area contributed by atoms with E-state index < -0.39 is 29.1 Å². The third-order valence-corrected chi connectivity index (χ3v) is 4.77. The third kappa shape index (κ3) is 4.06. The maximum atomic E-state index is 13.3. The predicted octanol–water partition coefficient (Wildman–Crippen LogP) is 3.56. The second-order valence-corrected chi connectivity index (χ2v) is 6.46. The molecule has 1 atom stereocenters. The molecule has 9 heteroatoms. The van der Waals surface area contributed by atoms with Gasteiger partial charge in [0.05, 0.1) is 6.42 Å². The van der Waals surface area contributed by atoms with Gasteiger partial charge >= 0.3 is 6.18 Å². The van der Waals surface area contributed by atoms with Crippen LogP contribution >= 0.6 is 22.9 Å². The lowest BCUT2D eigenvalue weighted by atomic mass is 9.99. The summed E-state index contributed by atoms with van der Waals surface area (Å²) >= 11 is 6.58. The number of rotatable bonds is 5. The monoisotopic (exact) mass is 378 g/mol. The number of aromatic nitrogens is 1. The lowest BCUT2D eigenvalue weighted by molar-refractivity contribution is -0.267. The van der Waals surface area contributed by atoms with E-state index in [0.717, 1.165) is 0 Å². The number of aliphatic hydroxyl groups is 1. The fourth-order valence-corrected chi connectivity index (χ4v) is 3.09. The third-order valence-electron chi connectivity index (χ3n) is 3.29. The van der Waals surface area contributed by atoms with Crippen molar-refractivity contribution >= 4 is 28.8 Å². The van der Waals surface area contributed by atoms with Gasteiger partial charge in [0.25, 0.3) is 0 Å². The van der Waals surface area contributed by atoms with Crippen LogP contribution in [0.5, 0.6) is 0 Å². The van der Waals surface area contributed by atoms with Crippen molar-refractivity contribution in [3.63, 3.8) is 0 Å². The summed E-state index contributed by atoms with van der Waals surface area (Å²) in [5, 5.41) is 13.6. The summed E-state index contributed by atoms with van der Waals surface area (Å²) in [6.45, 7) is 1.47. The van der Waals surface area contributed by atoms with Gasteiger partial charge in [-0.2, -0.15) is 13.2 Å². The Balaban J connectivity index is 2.13. The standard InChI is InChI=1S/C15H14ClF3N2O2S/c1-9-8-24-13(21-9)14(23,15(17,18)19)6-12(22)20-7-10-4-2-3-5-11(10)16/h2-5,8,23H,6-7H2,1H3,(H,20,22). The zero-order valence-electron chi connectivity index (χ0n) is 12.5. The number of nitrogens with zero attached hydrogens (tertiary/aromatic N) is 1. The minimum absolute atomic E-state index is 0.0384. The molecule has 1 unspecified atom stereocenters. The molecular formula is C15H14ClF3N2O2S. The minimum atomic E-state index is -5.03. The molecule has 0 fully saturated rings. The van der Waals surface area contributed by atoms with E-state index in [1.807, 2.05) is 0 Å². The van der Waals surface area contributed by atoms with Gasteiger partial charge in [0.15, 0.2) is 0 Å². The first-order chi connectivity index (χ1) is 11.1. The molecule has 0 radical (unpaired) electrons. The van der Waals surface area contributed by atoms with Gasteiger partial charge in [-0.25, -0.2) is 4.98 Å². The lowest BCUT2D eigenvalue weighted by Crippen LogP contribution is -2.46. The Morgan fingerprint density at radius 1 is 1.38 bits per heavy atom. The Labute approximate surface area is 145 Å². The van der Waals surface area contributed by atoms with Crippen LogP contribution in [0.15, 0.2) is 29.6 Å². The topological polar surface area (TPSA) is 62.2 Å². The van der Waals surface area contributed by atoms with Crippen LogP contribution in [-0.4, -0.2) is 22.2 Å². The highest BCUT2D eigenvalue weighted by Gasteiger charge is 2.58. The molecule has 0 saturated carbocycles. The Morgan fingerprint density at radius 3 is 2.58 bits per heavy atom. The zero-order chi connectivity index (χ0) is 18.0. The molecule has 2 rings (SSSR count). The summed E-state index contributed by atoms with van der Waals surface area (Å²) in [6, 6.07) is 6.63. The quantitative estimate of drug-likeness (QED) is 0.836. The molecule has 24 heavy (non-hydrogen) atoms. The van der Waals surface area contributed by atoms with Gasteiger partial charge in [-0.3, -0.25) is 4.79 Å². The Kier molecular flexibility index (Phi) is 5.52. The number of carbonyl (C=O) groups is 1. The maximum Gasteiger partial charge on any atom is 0.424 e. The first kappa shape index (κ1) is 18.7. The van der Waals surface area contributed by atoms with Gasteiger partial charge in [0.2, 0.25) is 11.5 Å². The van der Waals surface area contributed by atoms with Crippen LogP contribution in [0.1, 0.15) is 22.7 Å². The van der Waals surface area contributed by atoms with Crippen LogP contribution in [0.3, 0.4) is 0 Å². The van der Waals surface area contributed by atoms with Crippen LogP contribution in [0, 0.1) is 6.92 Å². The van der Waals surface area contributed by atoms with Crippen LogP contribution in [0.2, 0.25) is 5.02 Å². The van der Waals surface area contributed by atoms with Crippen LogP contribution < -0.4 is 5.32 Å². The molecule has 0 aliphatic heterocycles. The van der Waals surface area contributed by atoms with Gasteiger partial charge in [0.1, 0.15) is 5.01 Å². The number of amides is 1. The van der Waals surface area contributed by atoms with Crippen molar-refractivity contribution in [2.45, 2.75) is 31.7 Å². The molecule has 0 bridgehead atoms. The molecule has 2 N–H and O–H groups in total. The van der Waals surface area contributed by atoms with E-state index in [-0.39, 0.29) is 6.54 Å². The van der Waals surface area contributed by atoms with Crippen molar-refractivity contribution in [1.29, 1.82) is 0 Å². The van der Waals surface area contributed by atoms with E-state index >= 15 is 0 Å². The van der Waals surface area contributed by atoms with Gasteiger partial charge in [-0.1, -0.05) is 29.8 Å². The van der Waals surface area contributed by atoms with Crippen molar-refractivity contribution in [3.8, 4) is 0 Å². The summed E-state index contributed by atoms with van der Waals surface area (Å²) in [5.74, 6) is -0.956. The van der Waals surface area contributed by atoms with E-state index in [1.165, 1.54) is 12.3 Å². The molecule has 4 nitrogen and oxygen atoms in total. The van der Waals surface area contributed by atoms with E-state index in [2.05, 4.69) is 10.3 Å². The summed E-state index contributed by atoms with van der Waals surface area (Å²) in [6.07, 6.45) is -6.20. The van der Waals surface area contributed by atoms with Gasteiger partial charge < -0.3 is 10.4 Å². The van der Waals surface area contributed by atoms with Crippen molar-refractivity contribution in [3.05, 3.63) is 50.9 Å². The van der Waals surface area contributed by atoms with Crippen molar-refractivity contribution < 1.29 is 23.1 Å². The molecule has 0 aliphatic rings. The molecule has 1 amide bonds. The molecule has 1 aromatic heterocycles. The molecule has 130 valence electrons. The Morgan fingerprint density at radius 2 is 2.04 bits per heavy atom. The predicted molar refractivity (Wildman–Crippen MR) is 84.7 cm³/mol. The van der Waals surface area contributed by atoms with Gasteiger partial charge in [0, 0.05) is 22.6 Å². The van der Waals surface area contributed by atoms with Crippen molar-refractivity contribution in [2.75, 3.05) is 0 Å². The fourth-order valence-electron chi connectivity index (χ4n) is 1.97. The Hall–Kier alpha value is -1.64. The maximum absolute atomic E-state index is 13.3. The van der Waals surface area contributed by atoms with Gasteiger partial charge in [-0.15, -0.1) is 11.3 Å². The number of alkyl halides is 3. The number of aryl methyl sites for hydroxylation is 1. The number of carbonyl (C=O) groups excluding carboxylic acids is 1. The van der Waals surface area contributed by atoms with E-state index in [9.17, 15) is 23.1 Å². The first-order valence-corrected chi connectivity index (χ1v) is 8.11. The normalized spacial score (nSPS) is 14.2. The number of nitrogens with one attached hydrogen (secondary N) is 1. The smallest absolute Gasteiger partial charge is 0.374 e. The lowest BCUT2D eigenvalue weighted by Gasteiger charge is -2.27. The number of halogens is 4. The number of hydrogen-bond donors (Lipinski definition) is 2. The summed E-state index contributed by atoms with van der Waals surface area (Å²) in [5.41, 5.74) is -2.42. The van der Waals surface area contributed by atoms with Crippen molar-refractivity contribution in [1.82, 2.24) is 10.3 Å². The summed E-state index contributed by atoms with van der Waals surface area (Å²) in [4.78, 5) is 15.6. The van der Waals surface area contributed by atoms with E-state index in [4.69, 9.17) is 11.6 Å². The molecular weight excluding hydrogens is 365 g/mol. The minimum Gasteiger partial charge on any atom is -0.374 e. The van der Waals surface area contributed by atoms with Gasteiger partial charge in [-0.05, 0) is 18.6 Å². The summed E-state index contributed by atoms with van der Waals surface area (Å²) in [7, 11) is 0. The molecule has 1 aromatic carbocycles. The first-order valence-electron chi connectivity index (χ1n) is 6.85. The Bertz CT molecular complexity index is 736. The number of thiazole rings is 1. The highest BCUT2D eigenvalue weighted by molar-refractivity contribution is 7.09. The van der Waals surface area contributed by atoms with E-state index in [1.54, 1.807) is 24.3 Å². The molecule has 0 spiro atoms. The fraction of sp³-hybridized carbons (Fsp3) is 0.333. The molecule has 2 aromatic rings. The molecule has 1 heterocycles. The number of benzene rings is 1.